The van der Waals surface area contributed by atoms with Gasteiger partial charge in [0, 0.05) is 5.92 Å². The molecule has 0 bridgehead atoms. The zero-order chi connectivity index (χ0) is 12.1. The summed E-state index contributed by atoms with van der Waals surface area (Å²) < 4.78 is 5.26. The Bertz CT molecular complexity index is 466. The quantitative estimate of drug-likeness (QED) is 0.662. The molecule has 0 aliphatic heterocycles. The van der Waals surface area contributed by atoms with E-state index in [1.807, 2.05) is 0 Å². The molecule has 4 fully saturated rings. The van der Waals surface area contributed by atoms with Gasteiger partial charge in [0.25, 0.3) is 0 Å². The molecule has 5 atom stereocenters. The Morgan fingerprint density at radius 2 is 2.00 bits per heavy atom. The van der Waals surface area contributed by atoms with Crippen molar-refractivity contribution in [3.05, 3.63) is 0 Å². The molecule has 92 valence electrons. The van der Waals surface area contributed by atoms with E-state index in [2.05, 4.69) is 4.84 Å². The predicted molar refractivity (Wildman–Crippen MR) is 54.0 cm³/mol. The minimum Gasteiger partial charge on any atom is -0.443 e. The third-order valence-corrected chi connectivity index (χ3v) is 5.71. The number of carbonyl (C=O) groups excluding carboxylic acids is 2. The second-order valence-corrected chi connectivity index (χ2v) is 6.13. The van der Waals surface area contributed by atoms with Crippen molar-refractivity contribution in [3.63, 3.8) is 0 Å². The lowest BCUT2D eigenvalue weighted by atomic mass is 9.45. The summed E-state index contributed by atoms with van der Waals surface area (Å²) >= 11 is 0. The van der Waals surface area contributed by atoms with E-state index in [-0.39, 0.29) is 22.4 Å². The molecule has 0 radical (unpaired) electrons. The fraction of sp³-hybridized carbons (Fsp3) is 0.818. The van der Waals surface area contributed by atoms with E-state index in [1.165, 1.54) is 0 Å². The van der Waals surface area contributed by atoms with E-state index >= 15 is 0 Å². The Morgan fingerprint density at radius 3 is 2.65 bits per heavy atom. The molecule has 4 aliphatic rings. The van der Waals surface area contributed by atoms with Crippen molar-refractivity contribution >= 4 is 12.1 Å². The van der Waals surface area contributed by atoms with Crippen molar-refractivity contribution in [2.45, 2.75) is 31.3 Å². The second-order valence-electron chi connectivity index (χ2n) is 6.13. The van der Waals surface area contributed by atoms with Gasteiger partial charge < -0.3 is 15.3 Å². The molecular formula is C11H14N2O4. The molecular weight excluding hydrogens is 224 g/mol. The third-order valence-electron chi connectivity index (χ3n) is 5.71. The van der Waals surface area contributed by atoms with E-state index in [9.17, 15) is 9.59 Å². The summed E-state index contributed by atoms with van der Waals surface area (Å²) in [7, 11) is 0. The van der Waals surface area contributed by atoms with Gasteiger partial charge in [-0.3, -0.25) is 0 Å². The van der Waals surface area contributed by atoms with E-state index in [0.717, 1.165) is 25.7 Å². The Kier molecular flexibility index (Phi) is 1.31. The van der Waals surface area contributed by atoms with Crippen LogP contribution in [0.4, 0.5) is 4.79 Å². The van der Waals surface area contributed by atoms with Crippen molar-refractivity contribution in [2.24, 2.45) is 34.3 Å². The largest absolute Gasteiger partial charge is 0.443 e. The number of primary amides is 1. The van der Waals surface area contributed by atoms with Crippen LogP contribution >= 0.6 is 0 Å². The van der Waals surface area contributed by atoms with Gasteiger partial charge in [-0.1, -0.05) is 0 Å². The molecule has 1 spiro atoms. The molecule has 4 aliphatic carbocycles. The van der Waals surface area contributed by atoms with Crippen LogP contribution in [0, 0.1) is 22.7 Å². The molecule has 0 saturated heterocycles. The molecule has 6 nitrogen and oxygen atoms in total. The van der Waals surface area contributed by atoms with Crippen LogP contribution in [0.25, 0.3) is 0 Å². The van der Waals surface area contributed by atoms with Crippen LogP contribution in [0.15, 0.2) is 0 Å². The standard InChI is InChI=1S/C11H14N2O4/c12-8(15)16-11-2-5-1-9(7(14)17-13)3-10(9,4-11)6(5)11/h5-6H,1-4,13H2,(H2,12,15). The summed E-state index contributed by atoms with van der Waals surface area (Å²) in [6.07, 6.45) is 2.54. The summed E-state index contributed by atoms with van der Waals surface area (Å²) in [5.74, 6) is 5.49. The van der Waals surface area contributed by atoms with Crippen LogP contribution in [0.5, 0.6) is 0 Å². The molecule has 4 rings (SSSR count). The van der Waals surface area contributed by atoms with Crippen LogP contribution in [0.2, 0.25) is 0 Å². The monoisotopic (exact) mass is 238 g/mol. The highest BCUT2D eigenvalue weighted by Crippen LogP contribution is 2.93. The van der Waals surface area contributed by atoms with Crippen molar-refractivity contribution in [2.75, 3.05) is 0 Å². The predicted octanol–water partition coefficient (Wildman–Crippen LogP) is 0.0574. The number of rotatable bonds is 2. The lowest BCUT2D eigenvalue weighted by Crippen LogP contribution is -2.68. The Labute approximate surface area is 97.5 Å². The van der Waals surface area contributed by atoms with Crippen molar-refractivity contribution in [3.8, 4) is 0 Å². The van der Waals surface area contributed by atoms with Crippen LogP contribution < -0.4 is 11.6 Å². The van der Waals surface area contributed by atoms with E-state index in [1.54, 1.807) is 0 Å². The van der Waals surface area contributed by atoms with Gasteiger partial charge in [-0.2, -0.15) is 5.90 Å². The highest BCUT2D eigenvalue weighted by atomic mass is 16.7. The lowest BCUT2D eigenvalue weighted by molar-refractivity contribution is -0.237. The van der Waals surface area contributed by atoms with Gasteiger partial charge in [0.1, 0.15) is 5.60 Å². The molecule has 1 amide bonds. The summed E-state index contributed by atoms with van der Waals surface area (Å²) in [6.45, 7) is 0. The number of nitrogens with two attached hydrogens (primary N) is 2. The Morgan fingerprint density at radius 1 is 1.24 bits per heavy atom. The lowest BCUT2D eigenvalue weighted by Gasteiger charge is -2.64. The summed E-state index contributed by atoms with van der Waals surface area (Å²) in [5.41, 5.74) is 4.35. The molecule has 4 N–H and O–H groups in total. The van der Waals surface area contributed by atoms with E-state index in [0.29, 0.717) is 11.8 Å². The van der Waals surface area contributed by atoms with E-state index < -0.39 is 6.09 Å². The van der Waals surface area contributed by atoms with Gasteiger partial charge in [-0.05, 0) is 37.0 Å². The fourth-order valence-corrected chi connectivity index (χ4v) is 5.47. The van der Waals surface area contributed by atoms with Crippen LogP contribution in [0.1, 0.15) is 25.7 Å². The highest BCUT2D eigenvalue weighted by Gasteiger charge is 2.94. The SMILES string of the molecule is NOC(=O)C12CC3CC4(OC(N)=O)CC1(C2)C34. The average molecular weight is 238 g/mol. The molecule has 17 heavy (non-hydrogen) atoms. The van der Waals surface area contributed by atoms with Gasteiger partial charge in [-0.25, -0.2) is 9.59 Å². The van der Waals surface area contributed by atoms with Gasteiger partial charge in [0.2, 0.25) is 0 Å². The van der Waals surface area contributed by atoms with Gasteiger partial charge in [0.15, 0.2) is 0 Å². The normalized spacial score (nSPS) is 55.8. The maximum atomic E-state index is 11.8. The first-order valence-electron chi connectivity index (χ1n) is 5.89. The van der Waals surface area contributed by atoms with Crippen molar-refractivity contribution in [1.29, 1.82) is 0 Å². The van der Waals surface area contributed by atoms with Crippen LogP contribution in [0.3, 0.4) is 0 Å². The average Bonchev–Trinajstić information content (AvgIpc) is 2.81. The third kappa shape index (κ3) is 0.737. The highest BCUT2D eigenvalue weighted by molar-refractivity contribution is 5.84. The Hall–Kier alpha value is -1.30. The molecule has 6 heteroatoms. The second kappa shape index (κ2) is 2.29. The maximum Gasteiger partial charge on any atom is 0.405 e. The number of hydrogen-bond acceptors (Lipinski definition) is 5. The number of ether oxygens (including phenoxy) is 1. The van der Waals surface area contributed by atoms with Crippen LogP contribution in [-0.2, 0) is 14.4 Å². The molecule has 0 aromatic carbocycles. The van der Waals surface area contributed by atoms with Gasteiger partial charge in [0.05, 0.1) is 5.41 Å². The zero-order valence-corrected chi connectivity index (χ0v) is 9.27. The van der Waals surface area contributed by atoms with Crippen molar-refractivity contribution < 1.29 is 19.2 Å². The molecule has 4 saturated carbocycles. The maximum absolute atomic E-state index is 11.8. The Balaban J connectivity index is 1.63. The smallest absolute Gasteiger partial charge is 0.405 e. The van der Waals surface area contributed by atoms with Crippen molar-refractivity contribution in [1.82, 2.24) is 0 Å². The summed E-state index contributed by atoms with van der Waals surface area (Å²) in [6, 6.07) is 0. The molecule has 0 heterocycles. The summed E-state index contributed by atoms with van der Waals surface area (Å²) in [4.78, 5) is 27.1. The number of carbonyl (C=O) groups is 2. The van der Waals surface area contributed by atoms with Gasteiger partial charge in [-0.15, -0.1) is 0 Å². The minimum absolute atomic E-state index is 0.00181. The van der Waals surface area contributed by atoms with E-state index in [4.69, 9.17) is 16.4 Å². The first-order valence-corrected chi connectivity index (χ1v) is 5.89. The molecule has 5 unspecified atom stereocenters. The molecule has 0 aromatic heterocycles. The first kappa shape index (κ1) is 9.70. The number of amides is 1. The fourth-order valence-electron chi connectivity index (χ4n) is 5.47. The number of hydrogen-bond donors (Lipinski definition) is 2. The first-order chi connectivity index (χ1) is 8.00. The summed E-state index contributed by atoms with van der Waals surface area (Å²) in [5, 5.41) is 0. The molecule has 0 aromatic rings. The minimum atomic E-state index is -0.710. The topological polar surface area (TPSA) is 105 Å². The van der Waals surface area contributed by atoms with Gasteiger partial charge >= 0.3 is 12.1 Å². The zero-order valence-electron chi connectivity index (χ0n) is 9.27. The van der Waals surface area contributed by atoms with Crippen LogP contribution in [-0.4, -0.2) is 17.7 Å².